The minimum absolute atomic E-state index is 0.910. The number of hydrogen-bond acceptors (Lipinski definition) is 1. The fraction of sp³-hybridized carbons (Fsp3) is 0.294. The van der Waals surface area contributed by atoms with Gasteiger partial charge in [-0.05, 0) is 36.2 Å². The van der Waals surface area contributed by atoms with Gasteiger partial charge in [-0.1, -0.05) is 59.6 Å². The van der Waals surface area contributed by atoms with Crippen molar-refractivity contribution in [2.45, 2.75) is 25.1 Å². The van der Waals surface area contributed by atoms with Crippen molar-refractivity contribution in [1.29, 1.82) is 0 Å². The lowest BCUT2D eigenvalue weighted by Gasteiger charge is -2.25. The first-order chi connectivity index (χ1) is 9.35. The average Bonchev–Trinajstić information content (AvgIpc) is 2.49. The number of halogens is 1. The molecule has 0 heterocycles. The topological polar surface area (TPSA) is 3.24 Å². The smallest absolute Gasteiger partial charge is 0.0410 e. The van der Waals surface area contributed by atoms with E-state index >= 15 is 0 Å². The predicted molar refractivity (Wildman–Crippen MR) is 87.4 cm³/mol. The van der Waals surface area contributed by atoms with Crippen LogP contribution < -0.4 is 4.90 Å². The van der Waals surface area contributed by atoms with Crippen molar-refractivity contribution in [3.63, 3.8) is 0 Å². The first-order valence-corrected chi connectivity index (χ1v) is 7.94. The summed E-state index contributed by atoms with van der Waals surface area (Å²) in [5.74, 6) is 0. The van der Waals surface area contributed by atoms with Crippen LogP contribution in [0.1, 0.15) is 25.3 Å². The standard InChI is InChI=1S/C17H20BrN/c1-2-3-13-19(16-7-5-4-6-8-16)17-11-9-15(14-18)10-12-17/h4-12H,2-3,13-14H2,1H3. The number of benzene rings is 2. The van der Waals surface area contributed by atoms with E-state index in [0.29, 0.717) is 0 Å². The number of nitrogens with zero attached hydrogens (tertiary/aromatic N) is 1. The lowest BCUT2D eigenvalue weighted by Crippen LogP contribution is -2.18. The molecule has 2 heteroatoms. The Balaban J connectivity index is 2.26. The molecule has 0 saturated heterocycles. The zero-order valence-electron chi connectivity index (χ0n) is 11.3. The maximum Gasteiger partial charge on any atom is 0.0410 e. The highest BCUT2D eigenvalue weighted by Crippen LogP contribution is 2.26. The number of rotatable bonds is 6. The van der Waals surface area contributed by atoms with Gasteiger partial charge in [-0.2, -0.15) is 0 Å². The quantitative estimate of drug-likeness (QED) is 0.634. The molecule has 0 spiro atoms. The first-order valence-electron chi connectivity index (χ1n) is 6.82. The van der Waals surface area contributed by atoms with Gasteiger partial charge in [-0.15, -0.1) is 0 Å². The van der Waals surface area contributed by atoms with Crippen LogP contribution in [0.15, 0.2) is 54.6 Å². The summed E-state index contributed by atoms with van der Waals surface area (Å²) in [6, 6.07) is 19.4. The van der Waals surface area contributed by atoms with E-state index < -0.39 is 0 Å². The fourth-order valence-electron chi connectivity index (χ4n) is 2.10. The lowest BCUT2D eigenvalue weighted by atomic mass is 10.2. The molecule has 2 aromatic rings. The molecular weight excluding hydrogens is 298 g/mol. The predicted octanol–water partition coefficient (Wildman–Crippen LogP) is 5.52. The second-order valence-electron chi connectivity index (χ2n) is 4.64. The van der Waals surface area contributed by atoms with Crippen LogP contribution in [0.3, 0.4) is 0 Å². The third kappa shape index (κ3) is 3.84. The van der Waals surface area contributed by atoms with Gasteiger partial charge in [-0.3, -0.25) is 0 Å². The summed E-state index contributed by atoms with van der Waals surface area (Å²) in [4.78, 5) is 2.39. The molecule has 0 saturated carbocycles. The zero-order chi connectivity index (χ0) is 13.5. The Labute approximate surface area is 124 Å². The van der Waals surface area contributed by atoms with Crippen LogP contribution >= 0.6 is 15.9 Å². The van der Waals surface area contributed by atoms with Gasteiger partial charge in [0.2, 0.25) is 0 Å². The summed E-state index contributed by atoms with van der Waals surface area (Å²) in [7, 11) is 0. The van der Waals surface area contributed by atoms with E-state index in [0.717, 1.165) is 11.9 Å². The molecule has 0 radical (unpaired) electrons. The summed E-state index contributed by atoms with van der Waals surface area (Å²) >= 11 is 3.49. The average molecular weight is 318 g/mol. The molecule has 100 valence electrons. The van der Waals surface area contributed by atoms with Gasteiger partial charge < -0.3 is 4.90 Å². The van der Waals surface area contributed by atoms with E-state index in [1.807, 2.05) is 0 Å². The molecule has 0 bridgehead atoms. The van der Waals surface area contributed by atoms with Crippen LogP contribution in [0.2, 0.25) is 0 Å². The number of anilines is 2. The molecule has 0 aliphatic rings. The Morgan fingerprint density at radius 1 is 0.895 bits per heavy atom. The number of alkyl halides is 1. The highest BCUT2D eigenvalue weighted by molar-refractivity contribution is 9.08. The van der Waals surface area contributed by atoms with Crippen molar-refractivity contribution in [2.24, 2.45) is 0 Å². The van der Waals surface area contributed by atoms with Crippen LogP contribution in [-0.2, 0) is 5.33 Å². The maximum absolute atomic E-state index is 3.49. The molecule has 1 nitrogen and oxygen atoms in total. The Morgan fingerprint density at radius 3 is 2.11 bits per heavy atom. The van der Waals surface area contributed by atoms with Gasteiger partial charge in [0.1, 0.15) is 0 Å². The number of unbranched alkanes of at least 4 members (excludes halogenated alkanes) is 1. The van der Waals surface area contributed by atoms with Crippen molar-refractivity contribution in [2.75, 3.05) is 11.4 Å². The monoisotopic (exact) mass is 317 g/mol. The van der Waals surface area contributed by atoms with E-state index in [9.17, 15) is 0 Å². The zero-order valence-corrected chi connectivity index (χ0v) is 12.9. The molecule has 0 aromatic heterocycles. The van der Waals surface area contributed by atoms with E-state index in [4.69, 9.17) is 0 Å². The van der Waals surface area contributed by atoms with Gasteiger partial charge in [0, 0.05) is 23.2 Å². The van der Waals surface area contributed by atoms with Gasteiger partial charge in [0.25, 0.3) is 0 Å². The molecule has 0 aliphatic carbocycles. The van der Waals surface area contributed by atoms with Gasteiger partial charge >= 0.3 is 0 Å². The third-order valence-electron chi connectivity index (χ3n) is 3.21. The number of hydrogen-bond donors (Lipinski definition) is 0. The molecule has 19 heavy (non-hydrogen) atoms. The van der Waals surface area contributed by atoms with Crippen molar-refractivity contribution < 1.29 is 0 Å². The second kappa shape index (κ2) is 7.34. The Kier molecular flexibility index (Phi) is 5.46. The van der Waals surface area contributed by atoms with Crippen molar-refractivity contribution in [1.82, 2.24) is 0 Å². The number of para-hydroxylation sites is 1. The largest absolute Gasteiger partial charge is 0.341 e. The molecule has 2 aromatic carbocycles. The minimum atomic E-state index is 0.910. The summed E-state index contributed by atoms with van der Waals surface area (Å²) in [6.45, 7) is 3.30. The van der Waals surface area contributed by atoms with E-state index in [2.05, 4.69) is 82.4 Å². The van der Waals surface area contributed by atoms with Crippen LogP contribution in [-0.4, -0.2) is 6.54 Å². The summed E-state index contributed by atoms with van der Waals surface area (Å²) < 4.78 is 0. The second-order valence-corrected chi connectivity index (χ2v) is 5.20. The van der Waals surface area contributed by atoms with Crippen LogP contribution in [0.4, 0.5) is 11.4 Å². The summed E-state index contributed by atoms with van der Waals surface area (Å²) in [6.07, 6.45) is 2.41. The summed E-state index contributed by atoms with van der Waals surface area (Å²) in [5.41, 5.74) is 3.85. The molecule has 0 fully saturated rings. The van der Waals surface area contributed by atoms with Gasteiger partial charge in [-0.25, -0.2) is 0 Å². The maximum atomic E-state index is 3.49. The van der Waals surface area contributed by atoms with Crippen LogP contribution in [0.25, 0.3) is 0 Å². The van der Waals surface area contributed by atoms with Gasteiger partial charge in [0.15, 0.2) is 0 Å². The molecule has 0 unspecified atom stereocenters. The van der Waals surface area contributed by atoms with Crippen LogP contribution in [0, 0.1) is 0 Å². The summed E-state index contributed by atoms with van der Waals surface area (Å²) in [5, 5.41) is 0.910. The van der Waals surface area contributed by atoms with Crippen molar-refractivity contribution in [3.8, 4) is 0 Å². The van der Waals surface area contributed by atoms with E-state index in [1.54, 1.807) is 0 Å². The van der Waals surface area contributed by atoms with Crippen LogP contribution in [0.5, 0.6) is 0 Å². The first kappa shape index (κ1) is 14.1. The van der Waals surface area contributed by atoms with Crippen molar-refractivity contribution in [3.05, 3.63) is 60.2 Å². The normalized spacial score (nSPS) is 10.4. The SMILES string of the molecule is CCCCN(c1ccccc1)c1ccc(CBr)cc1. The molecular formula is C17H20BrN. The highest BCUT2D eigenvalue weighted by atomic mass is 79.9. The fourth-order valence-corrected chi connectivity index (χ4v) is 2.47. The van der Waals surface area contributed by atoms with E-state index in [1.165, 1.54) is 29.8 Å². The Bertz CT molecular complexity index is 478. The minimum Gasteiger partial charge on any atom is -0.341 e. The highest BCUT2D eigenvalue weighted by Gasteiger charge is 2.08. The van der Waals surface area contributed by atoms with Crippen molar-refractivity contribution >= 4 is 27.3 Å². The molecule has 0 atom stereocenters. The van der Waals surface area contributed by atoms with Gasteiger partial charge in [0.05, 0.1) is 0 Å². The van der Waals surface area contributed by atoms with E-state index in [-0.39, 0.29) is 0 Å². The molecule has 0 N–H and O–H groups in total. The third-order valence-corrected chi connectivity index (χ3v) is 3.85. The Hall–Kier alpha value is -1.28. The molecule has 2 rings (SSSR count). The molecule has 0 aliphatic heterocycles. The molecule has 0 amide bonds. The Morgan fingerprint density at radius 2 is 1.53 bits per heavy atom. The lowest BCUT2D eigenvalue weighted by molar-refractivity contribution is 0.786.